The minimum Gasteiger partial charge on any atom is -0.383 e. The number of nitrogens with one attached hydrogen (secondary N) is 1. The molecule has 1 heterocycles. The van der Waals surface area contributed by atoms with E-state index < -0.39 is 35.2 Å². The Morgan fingerprint density at radius 3 is 2.53 bits per heavy atom. The lowest BCUT2D eigenvalue weighted by Gasteiger charge is -2.32. The Bertz CT molecular complexity index is 1030. The number of aromatic nitrogens is 2. The van der Waals surface area contributed by atoms with Crippen molar-refractivity contribution in [3.8, 4) is 0 Å². The lowest BCUT2D eigenvalue weighted by Crippen LogP contribution is -2.43. The number of rotatable bonds is 4. The second-order valence-electron chi connectivity index (χ2n) is 7.56. The number of halogens is 3. The van der Waals surface area contributed by atoms with Crippen LogP contribution >= 0.6 is 0 Å². The van der Waals surface area contributed by atoms with Gasteiger partial charge < -0.3 is 10.6 Å². The summed E-state index contributed by atoms with van der Waals surface area (Å²) in [5, 5.41) is 0. The number of anilines is 2. The normalized spacial score (nSPS) is 19.5. The van der Waals surface area contributed by atoms with Gasteiger partial charge in [0.2, 0.25) is 5.91 Å². The topological polar surface area (TPSA) is 101 Å². The minimum atomic E-state index is -4.36. The van der Waals surface area contributed by atoms with E-state index in [9.17, 15) is 27.6 Å². The third-order valence-electron chi connectivity index (χ3n) is 5.55. The van der Waals surface area contributed by atoms with Crippen LogP contribution in [0.15, 0.2) is 39.9 Å². The van der Waals surface area contributed by atoms with Gasteiger partial charge in [-0.15, -0.1) is 0 Å². The fourth-order valence-electron chi connectivity index (χ4n) is 3.92. The summed E-state index contributed by atoms with van der Waals surface area (Å²) < 4.78 is 40.4. The van der Waals surface area contributed by atoms with Crippen LogP contribution in [0.2, 0.25) is 0 Å². The fraction of sp³-hybridized carbons (Fsp3) is 0.450. The van der Waals surface area contributed by atoms with Gasteiger partial charge in [0.1, 0.15) is 5.82 Å². The first-order valence-corrected chi connectivity index (χ1v) is 9.60. The molecule has 1 aliphatic carbocycles. The highest BCUT2D eigenvalue weighted by molar-refractivity contribution is 5.96. The van der Waals surface area contributed by atoms with Crippen LogP contribution in [-0.4, -0.2) is 28.7 Å². The number of carbonyl (C=O) groups excluding carboxylic acids is 1. The van der Waals surface area contributed by atoms with Gasteiger partial charge in [-0.1, -0.05) is 36.8 Å². The van der Waals surface area contributed by atoms with Gasteiger partial charge >= 0.3 is 11.9 Å². The molecule has 30 heavy (non-hydrogen) atoms. The summed E-state index contributed by atoms with van der Waals surface area (Å²) in [4.78, 5) is 40.7. The SMILES string of the molecule is CN(C(=O)C1CCCC(C(F)(F)F)C1)c1c(N)n(Cc2ccccc2)c(=O)[nH]c1=O. The number of aromatic amines is 1. The van der Waals surface area contributed by atoms with Crippen LogP contribution in [0.4, 0.5) is 24.7 Å². The van der Waals surface area contributed by atoms with Crippen LogP contribution in [-0.2, 0) is 11.3 Å². The second kappa shape index (κ2) is 8.37. The van der Waals surface area contributed by atoms with Gasteiger partial charge in [-0.3, -0.25) is 19.1 Å². The number of alkyl halides is 3. The van der Waals surface area contributed by atoms with Crippen molar-refractivity contribution < 1.29 is 18.0 Å². The van der Waals surface area contributed by atoms with Crippen LogP contribution in [0.3, 0.4) is 0 Å². The second-order valence-corrected chi connectivity index (χ2v) is 7.56. The molecule has 1 aromatic carbocycles. The summed E-state index contributed by atoms with van der Waals surface area (Å²) in [6.45, 7) is 0.0664. The number of carbonyl (C=O) groups is 1. The maximum atomic E-state index is 13.1. The smallest absolute Gasteiger partial charge is 0.383 e. The molecule has 2 unspecified atom stereocenters. The zero-order valence-electron chi connectivity index (χ0n) is 16.4. The molecule has 1 fully saturated rings. The monoisotopic (exact) mass is 424 g/mol. The third kappa shape index (κ3) is 4.42. The Morgan fingerprint density at radius 2 is 1.90 bits per heavy atom. The largest absolute Gasteiger partial charge is 0.391 e. The van der Waals surface area contributed by atoms with Crippen molar-refractivity contribution in [2.24, 2.45) is 11.8 Å². The van der Waals surface area contributed by atoms with Crippen LogP contribution < -0.4 is 21.9 Å². The maximum absolute atomic E-state index is 13.1. The van der Waals surface area contributed by atoms with E-state index in [0.29, 0.717) is 6.42 Å². The van der Waals surface area contributed by atoms with Gasteiger partial charge in [0.15, 0.2) is 5.69 Å². The Balaban J connectivity index is 1.91. The summed E-state index contributed by atoms with van der Waals surface area (Å²) in [5.74, 6) is -3.25. The summed E-state index contributed by atoms with van der Waals surface area (Å²) in [6.07, 6.45) is -4.13. The first kappa shape index (κ1) is 21.7. The van der Waals surface area contributed by atoms with Crippen LogP contribution in [0.5, 0.6) is 0 Å². The van der Waals surface area contributed by atoms with Gasteiger partial charge in [-0.05, 0) is 24.8 Å². The van der Waals surface area contributed by atoms with E-state index in [1.54, 1.807) is 30.3 Å². The average molecular weight is 424 g/mol. The molecule has 3 rings (SSSR count). The Kier molecular flexibility index (Phi) is 6.04. The van der Waals surface area contributed by atoms with E-state index in [0.717, 1.165) is 15.0 Å². The molecule has 162 valence electrons. The predicted molar refractivity (Wildman–Crippen MR) is 106 cm³/mol. The molecule has 0 aliphatic heterocycles. The molecule has 1 amide bonds. The summed E-state index contributed by atoms with van der Waals surface area (Å²) in [7, 11) is 1.29. The molecule has 1 aromatic heterocycles. The zero-order chi connectivity index (χ0) is 22.1. The number of H-pyrrole nitrogens is 1. The van der Waals surface area contributed by atoms with Crippen molar-refractivity contribution >= 4 is 17.4 Å². The van der Waals surface area contributed by atoms with Crippen molar-refractivity contribution in [3.63, 3.8) is 0 Å². The van der Waals surface area contributed by atoms with E-state index in [2.05, 4.69) is 4.98 Å². The van der Waals surface area contributed by atoms with Gasteiger partial charge in [0, 0.05) is 13.0 Å². The number of benzene rings is 1. The van der Waals surface area contributed by atoms with E-state index in [-0.39, 0.29) is 37.3 Å². The fourth-order valence-corrected chi connectivity index (χ4v) is 3.92. The molecule has 0 spiro atoms. The highest BCUT2D eigenvalue weighted by Crippen LogP contribution is 2.40. The molecule has 0 radical (unpaired) electrons. The highest BCUT2D eigenvalue weighted by atomic mass is 19.4. The summed E-state index contributed by atoms with van der Waals surface area (Å²) in [5.41, 5.74) is 4.97. The van der Waals surface area contributed by atoms with Gasteiger partial charge in [0.05, 0.1) is 12.5 Å². The first-order chi connectivity index (χ1) is 14.1. The first-order valence-electron chi connectivity index (χ1n) is 9.60. The zero-order valence-corrected chi connectivity index (χ0v) is 16.4. The number of nitrogens with two attached hydrogens (primary N) is 1. The molecule has 1 saturated carbocycles. The Morgan fingerprint density at radius 1 is 1.23 bits per heavy atom. The van der Waals surface area contributed by atoms with Crippen LogP contribution in [0.25, 0.3) is 0 Å². The Labute approximate surface area is 170 Å². The quantitative estimate of drug-likeness (QED) is 0.787. The molecule has 3 N–H and O–H groups in total. The Hall–Kier alpha value is -3.04. The van der Waals surface area contributed by atoms with Gasteiger partial charge in [-0.25, -0.2) is 4.79 Å². The van der Waals surface area contributed by atoms with Crippen molar-refractivity contribution in [1.29, 1.82) is 0 Å². The molecule has 0 bridgehead atoms. The summed E-state index contributed by atoms with van der Waals surface area (Å²) in [6, 6.07) is 8.90. The van der Waals surface area contributed by atoms with Crippen LogP contribution in [0, 0.1) is 11.8 Å². The van der Waals surface area contributed by atoms with Gasteiger partial charge in [-0.2, -0.15) is 13.2 Å². The van der Waals surface area contributed by atoms with E-state index in [1.807, 2.05) is 0 Å². The lowest BCUT2D eigenvalue weighted by molar-refractivity contribution is -0.186. The van der Waals surface area contributed by atoms with Crippen molar-refractivity contribution in [2.75, 3.05) is 17.7 Å². The number of hydrogen-bond donors (Lipinski definition) is 2. The standard InChI is InChI=1S/C20H23F3N4O3/c1-26(18(29)13-8-5-9-14(10-13)20(21,22)23)15-16(24)27(19(30)25-17(15)28)11-12-6-3-2-4-7-12/h2-4,6-7,13-14H,5,8-11,24H2,1H3,(H,25,28,30). The van der Waals surface area contributed by atoms with Crippen molar-refractivity contribution in [1.82, 2.24) is 9.55 Å². The molecule has 2 aromatic rings. The predicted octanol–water partition coefficient (Wildman–Crippen LogP) is 2.50. The molecular formula is C20H23F3N4O3. The van der Waals surface area contributed by atoms with Gasteiger partial charge in [0.25, 0.3) is 5.56 Å². The molecular weight excluding hydrogens is 401 g/mol. The molecule has 2 atom stereocenters. The average Bonchev–Trinajstić information content (AvgIpc) is 2.70. The van der Waals surface area contributed by atoms with E-state index in [4.69, 9.17) is 5.73 Å². The number of nitrogens with zero attached hydrogens (tertiary/aromatic N) is 2. The van der Waals surface area contributed by atoms with Crippen LogP contribution in [0.1, 0.15) is 31.2 Å². The number of amides is 1. The number of nitrogen functional groups attached to an aromatic ring is 1. The lowest BCUT2D eigenvalue weighted by atomic mass is 9.80. The highest BCUT2D eigenvalue weighted by Gasteiger charge is 2.44. The summed E-state index contributed by atoms with van der Waals surface area (Å²) >= 11 is 0. The molecule has 10 heteroatoms. The molecule has 0 saturated heterocycles. The maximum Gasteiger partial charge on any atom is 0.391 e. The van der Waals surface area contributed by atoms with E-state index >= 15 is 0 Å². The van der Waals surface area contributed by atoms with Crippen molar-refractivity contribution in [3.05, 3.63) is 56.7 Å². The number of hydrogen-bond acceptors (Lipinski definition) is 4. The molecule has 1 aliphatic rings. The molecule has 7 nitrogen and oxygen atoms in total. The third-order valence-corrected chi connectivity index (χ3v) is 5.55. The van der Waals surface area contributed by atoms with Crippen molar-refractivity contribution in [2.45, 2.75) is 38.4 Å². The van der Waals surface area contributed by atoms with E-state index in [1.165, 1.54) is 7.05 Å². The minimum absolute atomic E-state index is 0.0122.